The summed E-state index contributed by atoms with van der Waals surface area (Å²) in [6, 6.07) is 4.28. The minimum Gasteiger partial charge on any atom is -0.395 e. The first-order valence-corrected chi connectivity index (χ1v) is 6.89. The zero-order valence-electron chi connectivity index (χ0n) is 11.3. The number of nitrogens with two attached hydrogens (primary N) is 1. The highest BCUT2D eigenvalue weighted by molar-refractivity contribution is 5.95. The Kier molecular flexibility index (Phi) is 3.44. The van der Waals surface area contributed by atoms with E-state index in [0.29, 0.717) is 0 Å². The number of halogens is 2. The Bertz CT molecular complexity index is 557. The summed E-state index contributed by atoms with van der Waals surface area (Å²) in [5, 5.41) is 2.89. The number of ether oxygens (including phenoxy) is 2. The van der Waals surface area contributed by atoms with E-state index < -0.39 is 6.29 Å². The summed E-state index contributed by atoms with van der Waals surface area (Å²) < 4.78 is 34.5. The summed E-state index contributed by atoms with van der Waals surface area (Å²) in [5.74, 6) is -0.504. The van der Waals surface area contributed by atoms with Gasteiger partial charge in [0.05, 0.1) is 0 Å². The van der Waals surface area contributed by atoms with Gasteiger partial charge in [-0.15, -0.1) is 8.78 Å². The van der Waals surface area contributed by atoms with Crippen molar-refractivity contribution >= 4 is 5.91 Å². The lowest BCUT2D eigenvalue weighted by atomic mass is 9.91. The maximum atomic E-state index is 12.9. The van der Waals surface area contributed by atoms with E-state index in [4.69, 9.17) is 5.73 Å². The summed E-state index contributed by atoms with van der Waals surface area (Å²) >= 11 is 0. The van der Waals surface area contributed by atoms with Crippen molar-refractivity contribution < 1.29 is 23.0 Å². The van der Waals surface area contributed by atoms with Crippen LogP contribution in [-0.4, -0.2) is 24.3 Å². The van der Waals surface area contributed by atoms with Gasteiger partial charge in [-0.05, 0) is 43.9 Å². The summed E-state index contributed by atoms with van der Waals surface area (Å²) in [6.45, 7) is 0. The summed E-state index contributed by atoms with van der Waals surface area (Å²) in [6.07, 6.45) is -0.265. The number of hydrogen-bond donors (Lipinski definition) is 2. The molecule has 1 aliphatic carbocycles. The number of amides is 1. The number of carbonyl (C=O) groups excluding carboxylic acids is 1. The van der Waals surface area contributed by atoms with Gasteiger partial charge in [-0.25, -0.2) is 0 Å². The zero-order chi connectivity index (χ0) is 15.0. The molecule has 1 saturated carbocycles. The molecule has 1 aliphatic heterocycles. The third kappa shape index (κ3) is 3.07. The molecule has 7 heteroatoms. The largest absolute Gasteiger partial charge is 0.586 e. The number of alkyl halides is 2. The predicted molar refractivity (Wildman–Crippen MR) is 70.3 cm³/mol. The number of rotatable bonds is 2. The first-order valence-electron chi connectivity index (χ1n) is 6.89. The topological polar surface area (TPSA) is 73.6 Å². The van der Waals surface area contributed by atoms with Crippen molar-refractivity contribution in [1.82, 2.24) is 5.32 Å². The maximum Gasteiger partial charge on any atom is 0.586 e. The Labute approximate surface area is 120 Å². The molecule has 21 heavy (non-hydrogen) atoms. The van der Waals surface area contributed by atoms with Crippen LogP contribution < -0.4 is 20.5 Å². The van der Waals surface area contributed by atoms with E-state index in [1.165, 1.54) is 18.2 Å². The quantitative estimate of drug-likeness (QED) is 0.876. The van der Waals surface area contributed by atoms with E-state index in [1.54, 1.807) is 0 Å². The van der Waals surface area contributed by atoms with Crippen molar-refractivity contribution in [1.29, 1.82) is 0 Å². The fourth-order valence-electron chi connectivity index (χ4n) is 2.62. The Morgan fingerprint density at radius 1 is 1.19 bits per heavy atom. The van der Waals surface area contributed by atoms with Gasteiger partial charge in [-0.1, -0.05) is 0 Å². The smallest absolute Gasteiger partial charge is 0.395 e. The number of fused-ring (bicyclic) bond motifs is 1. The van der Waals surface area contributed by atoms with Crippen molar-refractivity contribution in [3.8, 4) is 11.5 Å². The molecule has 5 nitrogen and oxygen atoms in total. The van der Waals surface area contributed by atoms with Gasteiger partial charge in [0.2, 0.25) is 0 Å². The third-order valence-electron chi connectivity index (χ3n) is 3.77. The second-order valence-electron chi connectivity index (χ2n) is 5.41. The molecule has 0 spiro atoms. The van der Waals surface area contributed by atoms with Crippen molar-refractivity contribution in [3.05, 3.63) is 23.8 Å². The highest BCUT2D eigenvalue weighted by Crippen LogP contribution is 2.41. The third-order valence-corrected chi connectivity index (χ3v) is 3.77. The molecule has 0 bridgehead atoms. The molecule has 1 amide bonds. The van der Waals surface area contributed by atoms with Crippen molar-refractivity contribution in [3.63, 3.8) is 0 Å². The van der Waals surface area contributed by atoms with Gasteiger partial charge >= 0.3 is 6.29 Å². The van der Waals surface area contributed by atoms with E-state index in [0.717, 1.165) is 25.7 Å². The zero-order valence-corrected chi connectivity index (χ0v) is 11.3. The second kappa shape index (κ2) is 5.14. The monoisotopic (exact) mass is 298 g/mol. The fourth-order valence-corrected chi connectivity index (χ4v) is 2.62. The molecule has 3 rings (SSSR count). The van der Waals surface area contributed by atoms with Crippen LogP contribution in [0.3, 0.4) is 0 Å². The molecule has 2 aliphatic rings. The lowest BCUT2D eigenvalue weighted by Gasteiger charge is -2.26. The Balaban J connectivity index is 1.66. The van der Waals surface area contributed by atoms with Crippen LogP contribution in [0.2, 0.25) is 0 Å². The highest BCUT2D eigenvalue weighted by Gasteiger charge is 2.43. The molecular formula is C14H16F2N2O3. The summed E-state index contributed by atoms with van der Waals surface area (Å²) in [7, 11) is 0. The van der Waals surface area contributed by atoms with Crippen LogP contribution in [0.25, 0.3) is 0 Å². The Morgan fingerprint density at radius 2 is 1.86 bits per heavy atom. The summed E-state index contributed by atoms with van der Waals surface area (Å²) in [5.41, 5.74) is 6.08. The van der Waals surface area contributed by atoms with Crippen molar-refractivity contribution in [2.75, 3.05) is 0 Å². The average molecular weight is 298 g/mol. The lowest BCUT2D eigenvalue weighted by molar-refractivity contribution is -0.286. The van der Waals surface area contributed by atoms with E-state index in [2.05, 4.69) is 14.8 Å². The van der Waals surface area contributed by atoms with E-state index in [-0.39, 0.29) is 35.1 Å². The fraction of sp³-hybridized carbons (Fsp3) is 0.500. The second-order valence-corrected chi connectivity index (χ2v) is 5.41. The normalized spacial score (nSPS) is 26.4. The van der Waals surface area contributed by atoms with Crippen LogP contribution in [-0.2, 0) is 0 Å². The van der Waals surface area contributed by atoms with Gasteiger partial charge in [0, 0.05) is 17.6 Å². The molecule has 0 atom stereocenters. The predicted octanol–water partition coefficient (Wildman–Crippen LogP) is 2.01. The first-order chi connectivity index (χ1) is 9.93. The molecule has 3 N–H and O–H groups in total. The molecule has 0 saturated heterocycles. The van der Waals surface area contributed by atoms with Crippen LogP contribution in [0.5, 0.6) is 11.5 Å². The van der Waals surface area contributed by atoms with E-state index in [9.17, 15) is 13.6 Å². The Hall–Kier alpha value is -1.89. The van der Waals surface area contributed by atoms with Gasteiger partial charge in [0.1, 0.15) is 0 Å². The molecule has 0 radical (unpaired) electrons. The van der Waals surface area contributed by atoms with Crippen LogP contribution in [0.1, 0.15) is 36.0 Å². The molecule has 0 aromatic heterocycles. The van der Waals surface area contributed by atoms with Gasteiger partial charge in [0.15, 0.2) is 11.5 Å². The van der Waals surface area contributed by atoms with Crippen LogP contribution >= 0.6 is 0 Å². The standard InChI is InChI=1S/C14H16F2N2O3/c15-14(16)20-11-6-1-8(7-12(11)21-14)13(19)18-10-4-2-9(17)3-5-10/h1,6-7,9-10H,2-5,17H2,(H,18,19). The van der Waals surface area contributed by atoms with Gasteiger partial charge in [0.25, 0.3) is 5.91 Å². The number of carbonyl (C=O) groups is 1. The van der Waals surface area contributed by atoms with Crippen molar-refractivity contribution in [2.45, 2.75) is 44.1 Å². The molecule has 114 valence electrons. The van der Waals surface area contributed by atoms with E-state index in [1.807, 2.05) is 0 Å². The lowest BCUT2D eigenvalue weighted by Crippen LogP contribution is -2.40. The minimum atomic E-state index is -3.67. The van der Waals surface area contributed by atoms with Gasteiger partial charge in [-0.2, -0.15) is 0 Å². The average Bonchev–Trinajstić information content (AvgIpc) is 2.74. The highest BCUT2D eigenvalue weighted by atomic mass is 19.3. The number of hydrogen-bond acceptors (Lipinski definition) is 4. The van der Waals surface area contributed by atoms with Gasteiger partial charge < -0.3 is 20.5 Å². The minimum absolute atomic E-state index is 0.0693. The van der Waals surface area contributed by atoms with Crippen LogP contribution in [0.4, 0.5) is 8.78 Å². The van der Waals surface area contributed by atoms with E-state index >= 15 is 0 Å². The van der Waals surface area contributed by atoms with Crippen molar-refractivity contribution in [2.24, 2.45) is 5.73 Å². The van der Waals surface area contributed by atoms with Crippen LogP contribution in [0.15, 0.2) is 18.2 Å². The molecule has 1 heterocycles. The molecule has 1 aromatic carbocycles. The molecular weight excluding hydrogens is 282 g/mol. The number of benzene rings is 1. The first kappa shape index (κ1) is 14.1. The molecule has 0 unspecified atom stereocenters. The maximum absolute atomic E-state index is 12.9. The SMILES string of the molecule is NC1CCC(NC(=O)c2ccc3c(c2)OC(F)(F)O3)CC1. The Morgan fingerprint density at radius 3 is 2.57 bits per heavy atom. The van der Waals surface area contributed by atoms with Crippen LogP contribution in [0, 0.1) is 0 Å². The number of nitrogens with one attached hydrogen (secondary N) is 1. The molecule has 1 aromatic rings. The summed E-state index contributed by atoms with van der Waals surface area (Å²) in [4.78, 5) is 12.1. The molecule has 1 fully saturated rings. The van der Waals surface area contributed by atoms with Gasteiger partial charge in [-0.3, -0.25) is 4.79 Å².